The normalized spacial score (nSPS) is 12.2. The minimum atomic E-state index is -4.61. The summed E-state index contributed by atoms with van der Waals surface area (Å²) in [5.41, 5.74) is 0.112. The minimum Gasteiger partial charge on any atom is -0.326 e. The van der Waals surface area contributed by atoms with Crippen LogP contribution < -0.4 is 5.73 Å². The molecule has 1 aromatic rings. The van der Waals surface area contributed by atoms with Crippen LogP contribution in [0.2, 0.25) is 0 Å². The summed E-state index contributed by atoms with van der Waals surface area (Å²) in [5, 5.41) is 8.82. The Morgan fingerprint density at radius 3 is 2.37 bits per heavy atom. The van der Waals surface area contributed by atoms with Crippen molar-refractivity contribution in [2.45, 2.75) is 21.8 Å². The molecule has 10 heteroatoms. The molecule has 0 unspecified atom stereocenters. The molecule has 0 bridgehead atoms. The quantitative estimate of drug-likeness (QED) is 0.680. The number of thioether (sulfide) groups is 1. The molecule has 0 saturated carbocycles. The van der Waals surface area contributed by atoms with Crippen LogP contribution in [0.5, 0.6) is 0 Å². The fourth-order valence-electron chi connectivity index (χ4n) is 1.27. The molecule has 19 heavy (non-hydrogen) atoms. The first-order valence-corrected chi connectivity index (χ1v) is 7.68. The molecule has 4 nitrogen and oxygen atoms in total. The molecular weight excluding hydrogens is 325 g/mol. The standard InChI is InChI=1S/C9H6ClF3N2O2S2/c10-19(16,17)7-1-5(3-14)8(6(2-7)4-15)18-9(11,12)13/h1-2H,3,14H2. The molecule has 0 spiro atoms. The maximum Gasteiger partial charge on any atom is 0.446 e. The average Bonchev–Trinajstić information content (AvgIpc) is 2.25. The van der Waals surface area contributed by atoms with Crippen LogP contribution in [-0.2, 0) is 15.6 Å². The number of alkyl halides is 3. The average molecular weight is 331 g/mol. The van der Waals surface area contributed by atoms with Gasteiger partial charge >= 0.3 is 5.51 Å². The predicted molar refractivity (Wildman–Crippen MR) is 64.0 cm³/mol. The largest absolute Gasteiger partial charge is 0.446 e. The molecular formula is C9H6ClF3N2O2S2. The van der Waals surface area contributed by atoms with E-state index in [1.807, 2.05) is 0 Å². The molecule has 0 radical (unpaired) electrons. The van der Waals surface area contributed by atoms with Crippen LogP contribution in [0, 0.1) is 11.3 Å². The van der Waals surface area contributed by atoms with Gasteiger partial charge in [-0.25, -0.2) is 8.42 Å². The van der Waals surface area contributed by atoms with Gasteiger partial charge in [-0.1, -0.05) is 0 Å². The number of hydrogen-bond donors (Lipinski definition) is 1. The fourth-order valence-corrected chi connectivity index (χ4v) is 2.80. The highest BCUT2D eigenvalue weighted by Gasteiger charge is 2.32. The Kier molecular flexibility index (Phi) is 4.73. The van der Waals surface area contributed by atoms with Crippen molar-refractivity contribution < 1.29 is 21.6 Å². The van der Waals surface area contributed by atoms with Crippen molar-refractivity contribution in [1.29, 1.82) is 5.26 Å². The Morgan fingerprint density at radius 1 is 1.42 bits per heavy atom. The summed E-state index contributed by atoms with van der Waals surface area (Å²) in [6, 6.07) is 3.22. The molecule has 0 saturated heterocycles. The Hall–Kier alpha value is -0.950. The second-order valence-electron chi connectivity index (χ2n) is 3.26. The van der Waals surface area contributed by atoms with E-state index in [1.54, 1.807) is 0 Å². The number of nitrogens with two attached hydrogens (primary N) is 1. The van der Waals surface area contributed by atoms with E-state index < -0.39 is 41.7 Å². The van der Waals surface area contributed by atoms with Crippen molar-refractivity contribution in [3.8, 4) is 6.07 Å². The highest BCUT2D eigenvalue weighted by Crippen LogP contribution is 2.41. The first-order valence-electron chi connectivity index (χ1n) is 4.56. The van der Waals surface area contributed by atoms with E-state index in [0.717, 1.165) is 12.1 Å². The SMILES string of the molecule is N#Cc1cc(S(=O)(=O)Cl)cc(CN)c1SC(F)(F)F. The minimum absolute atomic E-state index is 0.111. The molecule has 104 valence electrons. The Bertz CT molecular complexity index is 638. The molecule has 0 atom stereocenters. The third kappa shape index (κ3) is 4.28. The van der Waals surface area contributed by atoms with Crippen LogP contribution in [0.1, 0.15) is 11.1 Å². The molecule has 0 aliphatic rings. The van der Waals surface area contributed by atoms with Gasteiger partial charge in [0.05, 0.1) is 10.5 Å². The Labute approximate surface area is 115 Å². The van der Waals surface area contributed by atoms with Crippen molar-refractivity contribution in [2.24, 2.45) is 5.73 Å². The zero-order valence-electron chi connectivity index (χ0n) is 9.03. The smallest absolute Gasteiger partial charge is 0.326 e. The third-order valence-electron chi connectivity index (χ3n) is 1.98. The van der Waals surface area contributed by atoms with E-state index in [-0.39, 0.29) is 12.1 Å². The van der Waals surface area contributed by atoms with Crippen LogP contribution >= 0.6 is 22.4 Å². The summed E-state index contributed by atoms with van der Waals surface area (Å²) >= 11 is -0.518. The van der Waals surface area contributed by atoms with Crippen LogP contribution in [0.4, 0.5) is 13.2 Å². The number of nitrogens with zero attached hydrogens (tertiary/aromatic N) is 1. The Balaban J connectivity index is 3.53. The molecule has 0 fully saturated rings. The zero-order chi connectivity index (χ0) is 14.8. The van der Waals surface area contributed by atoms with Gasteiger partial charge in [0.15, 0.2) is 0 Å². The van der Waals surface area contributed by atoms with E-state index >= 15 is 0 Å². The summed E-state index contributed by atoms with van der Waals surface area (Å²) < 4.78 is 59.4. The molecule has 0 amide bonds. The monoisotopic (exact) mass is 330 g/mol. The second kappa shape index (κ2) is 5.58. The Morgan fingerprint density at radius 2 is 2.00 bits per heavy atom. The number of hydrogen-bond acceptors (Lipinski definition) is 5. The molecule has 0 aliphatic carbocycles. The molecule has 2 N–H and O–H groups in total. The fraction of sp³-hybridized carbons (Fsp3) is 0.222. The molecule has 1 rings (SSSR count). The van der Waals surface area contributed by atoms with E-state index in [9.17, 15) is 21.6 Å². The van der Waals surface area contributed by atoms with Gasteiger partial charge in [-0.05, 0) is 29.5 Å². The van der Waals surface area contributed by atoms with E-state index in [0.29, 0.717) is 0 Å². The highest BCUT2D eigenvalue weighted by molar-refractivity contribution is 8.13. The van der Waals surface area contributed by atoms with Crippen LogP contribution in [0.3, 0.4) is 0 Å². The van der Waals surface area contributed by atoms with E-state index in [2.05, 4.69) is 0 Å². The first-order chi connectivity index (χ1) is 8.58. The summed E-state index contributed by atoms with van der Waals surface area (Å²) in [6.07, 6.45) is 0. The van der Waals surface area contributed by atoms with E-state index in [4.69, 9.17) is 21.7 Å². The van der Waals surface area contributed by atoms with Crippen molar-refractivity contribution in [1.82, 2.24) is 0 Å². The predicted octanol–water partition coefficient (Wildman–Crippen LogP) is 2.56. The van der Waals surface area contributed by atoms with Gasteiger partial charge in [0, 0.05) is 22.1 Å². The van der Waals surface area contributed by atoms with Crippen LogP contribution in [0.25, 0.3) is 0 Å². The van der Waals surface area contributed by atoms with Crippen LogP contribution in [-0.4, -0.2) is 13.9 Å². The van der Waals surface area contributed by atoms with Gasteiger partial charge in [0.1, 0.15) is 6.07 Å². The van der Waals surface area contributed by atoms with Crippen molar-refractivity contribution >= 4 is 31.5 Å². The number of rotatable bonds is 3. The molecule has 0 heterocycles. The van der Waals surface area contributed by atoms with Crippen LogP contribution in [0.15, 0.2) is 21.9 Å². The summed E-state index contributed by atoms with van der Waals surface area (Å²) in [7, 11) is 0.941. The van der Waals surface area contributed by atoms with Gasteiger partial charge in [-0.3, -0.25) is 0 Å². The van der Waals surface area contributed by atoms with E-state index in [1.165, 1.54) is 6.07 Å². The lowest BCUT2D eigenvalue weighted by Gasteiger charge is -2.12. The summed E-state index contributed by atoms with van der Waals surface area (Å²) in [5.74, 6) is 0. The van der Waals surface area contributed by atoms with Gasteiger partial charge in [-0.15, -0.1) is 0 Å². The molecule has 1 aromatic carbocycles. The molecule has 0 aliphatic heterocycles. The zero-order valence-corrected chi connectivity index (χ0v) is 11.4. The van der Waals surface area contributed by atoms with Crippen molar-refractivity contribution in [3.05, 3.63) is 23.3 Å². The molecule has 0 aromatic heterocycles. The first kappa shape index (κ1) is 16.1. The third-order valence-corrected chi connectivity index (χ3v) is 4.23. The van der Waals surface area contributed by atoms with Crippen molar-refractivity contribution in [2.75, 3.05) is 0 Å². The lowest BCUT2D eigenvalue weighted by Crippen LogP contribution is -2.07. The summed E-state index contributed by atoms with van der Waals surface area (Å²) in [4.78, 5) is -0.876. The number of nitriles is 1. The maximum atomic E-state index is 12.4. The lowest BCUT2D eigenvalue weighted by atomic mass is 10.1. The topological polar surface area (TPSA) is 84.0 Å². The number of benzene rings is 1. The lowest BCUT2D eigenvalue weighted by molar-refractivity contribution is -0.0328. The van der Waals surface area contributed by atoms with Gasteiger partial charge in [0.25, 0.3) is 9.05 Å². The maximum absolute atomic E-state index is 12.4. The highest BCUT2D eigenvalue weighted by atomic mass is 35.7. The van der Waals surface area contributed by atoms with Crippen molar-refractivity contribution in [3.63, 3.8) is 0 Å². The number of halogens is 4. The second-order valence-corrected chi connectivity index (χ2v) is 6.90. The van der Waals surface area contributed by atoms with Gasteiger partial charge in [0.2, 0.25) is 0 Å². The van der Waals surface area contributed by atoms with Gasteiger partial charge in [-0.2, -0.15) is 18.4 Å². The summed E-state index contributed by atoms with van der Waals surface area (Å²) in [6.45, 7) is -0.354. The van der Waals surface area contributed by atoms with Gasteiger partial charge < -0.3 is 5.73 Å².